The van der Waals surface area contributed by atoms with Crippen LogP contribution in [0.2, 0.25) is 0 Å². The lowest BCUT2D eigenvalue weighted by atomic mass is 10.2. The fourth-order valence-electron chi connectivity index (χ4n) is 1.63. The van der Waals surface area contributed by atoms with Gasteiger partial charge < -0.3 is 0 Å². The first-order chi connectivity index (χ1) is 8.47. The van der Waals surface area contributed by atoms with Gasteiger partial charge >= 0.3 is 0 Å². The number of hydrogen-bond acceptors (Lipinski definition) is 2. The highest BCUT2D eigenvalue weighted by Gasteiger charge is 2.14. The lowest BCUT2D eigenvalue weighted by Crippen LogP contribution is -2.04. The van der Waals surface area contributed by atoms with Gasteiger partial charge in [-0.2, -0.15) is 0 Å². The molecule has 2 aromatic rings. The number of sulfone groups is 1. The summed E-state index contributed by atoms with van der Waals surface area (Å²) >= 11 is 3.33. The molecule has 0 saturated heterocycles. The summed E-state index contributed by atoms with van der Waals surface area (Å²) in [5.41, 5.74) is 1.84. The predicted octanol–water partition coefficient (Wildman–Crippen LogP) is 3.73. The van der Waals surface area contributed by atoms with Gasteiger partial charge in [0.15, 0.2) is 9.84 Å². The van der Waals surface area contributed by atoms with E-state index in [0.29, 0.717) is 4.90 Å². The van der Waals surface area contributed by atoms with Crippen molar-refractivity contribution in [3.05, 3.63) is 64.1 Å². The van der Waals surface area contributed by atoms with Crippen LogP contribution in [-0.2, 0) is 15.6 Å². The van der Waals surface area contributed by atoms with Gasteiger partial charge in [-0.3, -0.25) is 0 Å². The molecule has 0 radical (unpaired) electrons. The van der Waals surface area contributed by atoms with Crippen molar-refractivity contribution in [3.63, 3.8) is 0 Å². The number of hydrogen-bond donors (Lipinski definition) is 0. The van der Waals surface area contributed by atoms with Crippen molar-refractivity contribution in [3.8, 4) is 0 Å². The van der Waals surface area contributed by atoms with Gasteiger partial charge in [-0.05, 0) is 36.8 Å². The van der Waals surface area contributed by atoms with E-state index in [1.807, 2.05) is 43.3 Å². The molecule has 0 aliphatic heterocycles. The minimum absolute atomic E-state index is 0.0311. The lowest BCUT2D eigenvalue weighted by Gasteiger charge is -2.05. The van der Waals surface area contributed by atoms with Crippen LogP contribution in [0.4, 0.5) is 0 Å². The van der Waals surface area contributed by atoms with Gasteiger partial charge in [-0.1, -0.05) is 45.8 Å². The first kappa shape index (κ1) is 13.3. The van der Waals surface area contributed by atoms with Crippen LogP contribution in [0.5, 0.6) is 0 Å². The van der Waals surface area contributed by atoms with Crippen molar-refractivity contribution in [1.29, 1.82) is 0 Å². The maximum absolute atomic E-state index is 12.2. The Bertz CT molecular complexity index is 628. The first-order valence-electron chi connectivity index (χ1n) is 5.51. The van der Waals surface area contributed by atoms with Crippen molar-refractivity contribution in [2.75, 3.05) is 0 Å². The van der Waals surface area contributed by atoms with E-state index in [9.17, 15) is 8.42 Å². The van der Waals surface area contributed by atoms with Crippen molar-refractivity contribution in [2.24, 2.45) is 0 Å². The smallest absolute Gasteiger partial charge is 0.182 e. The van der Waals surface area contributed by atoms with E-state index < -0.39 is 9.84 Å². The first-order valence-corrected chi connectivity index (χ1v) is 7.96. The molecule has 0 aromatic heterocycles. The summed E-state index contributed by atoms with van der Waals surface area (Å²) in [6.45, 7) is 1.94. The Kier molecular flexibility index (Phi) is 3.88. The minimum Gasteiger partial charge on any atom is -0.223 e. The zero-order valence-electron chi connectivity index (χ0n) is 9.93. The van der Waals surface area contributed by atoms with Gasteiger partial charge in [0.1, 0.15) is 0 Å². The van der Waals surface area contributed by atoms with Crippen LogP contribution in [0.15, 0.2) is 57.9 Å². The Balaban J connectivity index is 2.27. The highest BCUT2D eigenvalue weighted by Crippen LogP contribution is 2.18. The fraction of sp³-hybridized carbons (Fsp3) is 0.143. The fourth-order valence-corrected chi connectivity index (χ4v) is 3.24. The number of halogens is 1. The molecule has 2 rings (SSSR count). The molecule has 0 bridgehead atoms. The lowest BCUT2D eigenvalue weighted by molar-refractivity contribution is 0.595. The van der Waals surface area contributed by atoms with Crippen LogP contribution in [-0.4, -0.2) is 8.42 Å². The van der Waals surface area contributed by atoms with E-state index in [4.69, 9.17) is 0 Å². The Hall–Kier alpha value is -1.13. The highest BCUT2D eigenvalue weighted by atomic mass is 79.9. The van der Waals surface area contributed by atoms with Gasteiger partial charge in [0.25, 0.3) is 0 Å². The van der Waals surface area contributed by atoms with Crippen LogP contribution in [0.25, 0.3) is 0 Å². The standard InChI is InChI=1S/C14H13BrO2S/c1-11-2-8-14(9-3-11)18(16,17)10-12-4-6-13(15)7-5-12/h2-9H,10H2,1H3. The van der Waals surface area contributed by atoms with Crippen molar-refractivity contribution in [2.45, 2.75) is 17.6 Å². The van der Waals surface area contributed by atoms with Gasteiger partial charge in [-0.25, -0.2) is 8.42 Å². The number of rotatable bonds is 3. The zero-order chi connectivity index (χ0) is 13.2. The summed E-state index contributed by atoms with van der Waals surface area (Å²) in [5.74, 6) is 0.0311. The van der Waals surface area contributed by atoms with E-state index in [-0.39, 0.29) is 5.75 Å². The van der Waals surface area contributed by atoms with Crippen LogP contribution in [0.3, 0.4) is 0 Å². The summed E-state index contributed by atoms with van der Waals surface area (Å²) in [6.07, 6.45) is 0. The topological polar surface area (TPSA) is 34.1 Å². The molecule has 0 aliphatic carbocycles. The molecule has 4 heteroatoms. The normalized spacial score (nSPS) is 11.4. The maximum atomic E-state index is 12.2. The molecule has 18 heavy (non-hydrogen) atoms. The third-order valence-corrected chi connectivity index (χ3v) is 4.88. The molecule has 0 saturated carbocycles. The van der Waals surface area contributed by atoms with E-state index >= 15 is 0 Å². The third-order valence-electron chi connectivity index (χ3n) is 2.65. The Labute approximate surface area is 116 Å². The molecule has 0 heterocycles. The van der Waals surface area contributed by atoms with Crippen LogP contribution >= 0.6 is 15.9 Å². The van der Waals surface area contributed by atoms with E-state index in [0.717, 1.165) is 15.6 Å². The predicted molar refractivity (Wildman–Crippen MR) is 76.2 cm³/mol. The molecule has 2 nitrogen and oxygen atoms in total. The minimum atomic E-state index is -3.26. The number of benzene rings is 2. The van der Waals surface area contributed by atoms with Crippen LogP contribution in [0.1, 0.15) is 11.1 Å². The molecule has 0 spiro atoms. The van der Waals surface area contributed by atoms with E-state index in [2.05, 4.69) is 15.9 Å². The van der Waals surface area contributed by atoms with Gasteiger partial charge in [0, 0.05) is 4.47 Å². The number of aryl methyl sites for hydroxylation is 1. The second-order valence-corrected chi connectivity index (χ2v) is 7.10. The summed E-state index contributed by atoms with van der Waals surface area (Å²) in [4.78, 5) is 0.371. The summed E-state index contributed by atoms with van der Waals surface area (Å²) < 4.78 is 25.3. The maximum Gasteiger partial charge on any atom is 0.182 e. The quantitative estimate of drug-likeness (QED) is 0.862. The average Bonchev–Trinajstić information content (AvgIpc) is 2.32. The largest absolute Gasteiger partial charge is 0.223 e. The molecule has 0 fully saturated rings. The Morgan fingerprint density at radius 2 is 1.50 bits per heavy atom. The van der Waals surface area contributed by atoms with E-state index in [1.165, 1.54) is 0 Å². The van der Waals surface area contributed by atoms with E-state index in [1.54, 1.807) is 12.1 Å². The summed E-state index contributed by atoms with van der Waals surface area (Å²) in [6, 6.07) is 14.3. The summed E-state index contributed by atoms with van der Waals surface area (Å²) in [7, 11) is -3.26. The second-order valence-electron chi connectivity index (χ2n) is 4.20. The Morgan fingerprint density at radius 1 is 0.944 bits per heavy atom. The highest BCUT2D eigenvalue weighted by molar-refractivity contribution is 9.10. The molecule has 2 aromatic carbocycles. The van der Waals surface area contributed by atoms with Crippen LogP contribution in [0, 0.1) is 6.92 Å². The molecule has 0 N–H and O–H groups in total. The zero-order valence-corrected chi connectivity index (χ0v) is 12.3. The van der Waals surface area contributed by atoms with Gasteiger partial charge in [0.2, 0.25) is 0 Å². The monoisotopic (exact) mass is 324 g/mol. The second kappa shape index (κ2) is 5.24. The average molecular weight is 325 g/mol. The Morgan fingerprint density at radius 3 is 2.06 bits per heavy atom. The van der Waals surface area contributed by atoms with Crippen molar-refractivity contribution in [1.82, 2.24) is 0 Å². The molecule has 0 amide bonds. The van der Waals surface area contributed by atoms with Gasteiger partial charge in [0.05, 0.1) is 10.6 Å². The molecule has 94 valence electrons. The van der Waals surface area contributed by atoms with Crippen molar-refractivity contribution < 1.29 is 8.42 Å². The van der Waals surface area contributed by atoms with Crippen molar-refractivity contribution >= 4 is 25.8 Å². The third kappa shape index (κ3) is 3.21. The van der Waals surface area contributed by atoms with Crippen LogP contribution < -0.4 is 0 Å². The SMILES string of the molecule is Cc1ccc(S(=O)(=O)Cc2ccc(Br)cc2)cc1. The molecule has 0 unspecified atom stereocenters. The molecule has 0 atom stereocenters. The molecule has 0 aliphatic rings. The van der Waals surface area contributed by atoms with Gasteiger partial charge in [-0.15, -0.1) is 0 Å². The molecular weight excluding hydrogens is 312 g/mol. The summed E-state index contributed by atoms with van der Waals surface area (Å²) in [5, 5.41) is 0. The molecular formula is C14H13BrO2S.